The van der Waals surface area contributed by atoms with E-state index in [-0.39, 0.29) is 19.0 Å². The van der Waals surface area contributed by atoms with Crippen LogP contribution in [0.5, 0.6) is 0 Å². The number of aliphatic hydroxyl groups is 1. The van der Waals surface area contributed by atoms with E-state index >= 15 is 0 Å². The molecule has 0 aromatic heterocycles. The van der Waals surface area contributed by atoms with Crippen molar-refractivity contribution in [1.29, 1.82) is 0 Å². The smallest absolute Gasteiger partial charge is 0.128 e. The predicted octanol–water partition coefficient (Wildman–Crippen LogP) is 1.26. The number of piperidine rings is 1. The quantitative estimate of drug-likeness (QED) is 0.829. The van der Waals surface area contributed by atoms with E-state index in [1.807, 2.05) is 0 Å². The molecule has 3 atom stereocenters. The summed E-state index contributed by atoms with van der Waals surface area (Å²) in [4.78, 5) is 1.45. The molecule has 0 bridgehead atoms. The lowest BCUT2D eigenvalue weighted by atomic mass is 9.92. The Bertz CT molecular complexity index is 431. The van der Waals surface area contributed by atoms with E-state index in [1.54, 1.807) is 18.2 Å². The summed E-state index contributed by atoms with van der Waals surface area (Å²) in [6.45, 7) is 7.98. The van der Waals surface area contributed by atoms with E-state index in [4.69, 9.17) is 4.74 Å². The highest BCUT2D eigenvalue weighted by molar-refractivity contribution is 5.16. The fourth-order valence-corrected chi connectivity index (χ4v) is 3.40. The van der Waals surface area contributed by atoms with Crippen molar-refractivity contribution in [3.8, 4) is 0 Å². The molecule has 118 valence electrons. The standard InChI is InChI=1S/C17H26FNO2/c1-13-7-14(2)9-19(8-13)10-16(20)12-21-11-15-5-3-4-6-17(15)18/h3-6,13-14,16,20H,7-12H2,1-2H3/p+1/t13-,14-,16-/m0/s1. The molecule has 2 rings (SSSR count). The number of aliphatic hydroxyl groups excluding tert-OH is 1. The molecule has 1 aromatic carbocycles. The maximum absolute atomic E-state index is 13.4. The highest BCUT2D eigenvalue weighted by Gasteiger charge is 2.26. The Hall–Kier alpha value is -0.970. The Kier molecular flexibility index (Phi) is 6.15. The summed E-state index contributed by atoms with van der Waals surface area (Å²) in [7, 11) is 0. The molecule has 3 nitrogen and oxygen atoms in total. The van der Waals surface area contributed by atoms with Gasteiger partial charge >= 0.3 is 0 Å². The van der Waals surface area contributed by atoms with Gasteiger partial charge in [0.1, 0.15) is 18.5 Å². The van der Waals surface area contributed by atoms with Crippen LogP contribution in [0.25, 0.3) is 0 Å². The topological polar surface area (TPSA) is 33.9 Å². The SMILES string of the molecule is C[C@H]1C[C@H](C)C[NH+](C[C@H](O)COCc2ccccc2F)C1. The minimum atomic E-state index is -0.482. The molecule has 1 heterocycles. The van der Waals surface area contributed by atoms with E-state index in [0.717, 1.165) is 24.9 Å². The average molecular weight is 296 g/mol. The van der Waals surface area contributed by atoms with Crippen molar-refractivity contribution in [2.24, 2.45) is 11.8 Å². The van der Waals surface area contributed by atoms with Crippen LogP contribution >= 0.6 is 0 Å². The molecule has 1 aromatic rings. The summed E-state index contributed by atoms with van der Waals surface area (Å²) in [6, 6.07) is 6.59. The second-order valence-corrected chi connectivity index (χ2v) is 6.57. The third-order valence-corrected chi connectivity index (χ3v) is 4.13. The van der Waals surface area contributed by atoms with Crippen molar-refractivity contribution in [1.82, 2.24) is 0 Å². The van der Waals surface area contributed by atoms with Gasteiger partial charge in [0, 0.05) is 17.4 Å². The van der Waals surface area contributed by atoms with Gasteiger partial charge in [0.2, 0.25) is 0 Å². The van der Waals surface area contributed by atoms with E-state index in [0.29, 0.717) is 12.1 Å². The molecule has 0 saturated carbocycles. The first-order valence-corrected chi connectivity index (χ1v) is 7.87. The Morgan fingerprint density at radius 2 is 1.95 bits per heavy atom. The molecule has 1 saturated heterocycles. The largest absolute Gasteiger partial charge is 0.385 e. The first kappa shape index (κ1) is 16.4. The van der Waals surface area contributed by atoms with Crippen LogP contribution in [0.4, 0.5) is 4.39 Å². The highest BCUT2D eigenvalue weighted by atomic mass is 19.1. The fraction of sp³-hybridized carbons (Fsp3) is 0.647. The molecule has 1 aliphatic heterocycles. The maximum atomic E-state index is 13.4. The normalized spacial score (nSPS) is 27.5. The molecular weight excluding hydrogens is 269 g/mol. The number of nitrogens with one attached hydrogen (secondary N) is 1. The van der Waals surface area contributed by atoms with E-state index in [2.05, 4.69) is 13.8 Å². The van der Waals surface area contributed by atoms with E-state index in [1.165, 1.54) is 17.4 Å². The third kappa shape index (κ3) is 5.38. The van der Waals surface area contributed by atoms with Crippen LogP contribution < -0.4 is 4.90 Å². The Morgan fingerprint density at radius 3 is 2.62 bits per heavy atom. The first-order valence-electron chi connectivity index (χ1n) is 7.87. The van der Waals surface area contributed by atoms with Gasteiger partial charge in [-0.05, 0) is 12.5 Å². The lowest BCUT2D eigenvalue weighted by Gasteiger charge is -2.33. The lowest BCUT2D eigenvalue weighted by Crippen LogP contribution is -3.15. The number of benzene rings is 1. The maximum Gasteiger partial charge on any atom is 0.128 e. The Balaban J connectivity index is 1.70. The highest BCUT2D eigenvalue weighted by Crippen LogP contribution is 2.12. The van der Waals surface area contributed by atoms with Crippen LogP contribution in [-0.2, 0) is 11.3 Å². The number of rotatable bonds is 6. The zero-order valence-corrected chi connectivity index (χ0v) is 13.0. The van der Waals surface area contributed by atoms with Gasteiger partial charge in [-0.25, -0.2) is 4.39 Å². The van der Waals surface area contributed by atoms with Crippen LogP contribution in [0.15, 0.2) is 24.3 Å². The molecule has 0 amide bonds. The zero-order chi connectivity index (χ0) is 15.2. The van der Waals surface area contributed by atoms with Crippen molar-refractivity contribution in [3.05, 3.63) is 35.6 Å². The minimum Gasteiger partial charge on any atom is -0.385 e. The molecule has 4 heteroatoms. The zero-order valence-electron chi connectivity index (χ0n) is 13.0. The second-order valence-electron chi connectivity index (χ2n) is 6.57. The van der Waals surface area contributed by atoms with Crippen LogP contribution in [0, 0.1) is 17.7 Å². The van der Waals surface area contributed by atoms with Crippen LogP contribution in [0.2, 0.25) is 0 Å². The summed E-state index contributed by atoms with van der Waals surface area (Å²) < 4.78 is 18.9. The number of quaternary nitrogens is 1. The van der Waals surface area contributed by atoms with Gasteiger partial charge in [0.25, 0.3) is 0 Å². The van der Waals surface area contributed by atoms with Gasteiger partial charge in [-0.3, -0.25) is 0 Å². The van der Waals surface area contributed by atoms with Gasteiger partial charge in [-0.2, -0.15) is 0 Å². The van der Waals surface area contributed by atoms with Gasteiger partial charge in [0.05, 0.1) is 26.3 Å². The monoisotopic (exact) mass is 296 g/mol. The van der Waals surface area contributed by atoms with Gasteiger partial charge in [-0.1, -0.05) is 32.0 Å². The molecule has 0 spiro atoms. The first-order chi connectivity index (χ1) is 10.0. The lowest BCUT2D eigenvalue weighted by molar-refractivity contribution is -0.915. The number of halogens is 1. The second kappa shape index (κ2) is 7.87. The molecular formula is C17H27FNO2+. The van der Waals surface area contributed by atoms with Crippen molar-refractivity contribution in [3.63, 3.8) is 0 Å². The van der Waals surface area contributed by atoms with Crippen molar-refractivity contribution < 1.29 is 19.1 Å². The average Bonchev–Trinajstić information content (AvgIpc) is 2.39. The summed E-state index contributed by atoms with van der Waals surface area (Å²) >= 11 is 0. The summed E-state index contributed by atoms with van der Waals surface area (Å²) in [5, 5.41) is 10.1. The molecule has 1 fully saturated rings. The molecule has 0 unspecified atom stereocenters. The summed E-state index contributed by atoms with van der Waals surface area (Å²) in [6.07, 6.45) is 0.799. The van der Waals surface area contributed by atoms with Crippen LogP contribution in [0.3, 0.4) is 0 Å². The van der Waals surface area contributed by atoms with Crippen LogP contribution in [0.1, 0.15) is 25.8 Å². The molecule has 0 aliphatic carbocycles. The van der Waals surface area contributed by atoms with Crippen molar-refractivity contribution in [2.75, 3.05) is 26.2 Å². The molecule has 2 N–H and O–H groups in total. The minimum absolute atomic E-state index is 0.214. The van der Waals surface area contributed by atoms with Gasteiger partial charge in [0.15, 0.2) is 0 Å². The van der Waals surface area contributed by atoms with Crippen molar-refractivity contribution in [2.45, 2.75) is 33.0 Å². The summed E-state index contributed by atoms with van der Waals surface area (Å²) in [5.74, 6) is 1.18. The van der Waals surface area contributed by atoms with Crippen molar-refractivity contribution >= 4 is 0 Å². The number of ether oxygens (including phenoxy) is 1. The Morgan fingerprint density at radius 1 is 1.29 bits per heavy atom. The summed E-state index contributed by atoms with van der Waals surface area (Å²) in [5.41, 5.74) is 0.539. The molecule has 1 aliphatic rings. The molecule has 0 radical (unpaired) electrons. The number of hydrogen-bond donors (Lipinski definition) is 2. The van der Waals surface area contributed by atoms with Gasteiger partial charge in [-0.15, -0.1) is 0 Å². The number of likely N-dealkylation sites (tertiary alicyclic amines) is 1. The number of hydrogen-bond acceptors (Lipinski definition) is 2. The van der Waals surface area contributed by atoms with Gasteiger partial charge < -0.3 is 14.7 Å². The van der Waals surface area contributed by atoms with Crippen LogP contribution in [-0.4, -0.2) is 37.5 Å². The molecule has 21 heavy (non-hydrogen) atoms. The third-order valence-electron chi connectivity index (χ3n) is 4.13. The predicted molar refractivity (Wildman–Crippen MR) is 80.6 cm³/mol. The fourth-order valence-electron chi connectivity index (χ4n) is 3.40. The Labute approximate surface area is 126 Å². The van der Waals surface area contributed by atoms with E-state index in [9.17, 15) is 9.50 Å². The van der Waals surface area contributed by atoms with E-state index < -0.39 is 6.10 Å².